The van der Waals surface area contributed by atoms with Crippen molar-refractivity contribution in [2.45, 2.75) is 45.7 Å². The predicted molar refractivity (Wildman–Crippen MR) is 72.9 cm³/mol. The summed E-state index contributed by atoms with van der Waals surface area (Å²) in [7, 11) is 0. The Bertz CT molecular complexity index is 493. The molecule has 0 saturated carbocycles. The van der Waals surface area contributed by atoms with Gasteiger partial charge in [0.2, 0.25) is 0 Å². The molecule has 1 aliphatic heterocycles. The maximum Gasteiger partial charge on any atom is 0.280 e. The molecule has 2 heterocycles. The topological polar surface area (TPSA) is 38.1 Å². The van der Waals surface area contributed by atoms with Crippen LogP contribution >= 0.6 is 0 Å². The highest BCUT2D eigenvalue weighted by atomic mass is 19.3. The Kier molecular flexibility index (Phi) is 4.86. The molecule has 0 aliphatic carbocycles. The second-order valence-electron chi connectivity index (χ2n) is 5.68. The van der Waals surface area contributed by atoms with Crippen molar-refractivity contribution >= 4 is 0 Å². The Morgan fingerprint density at radius 2 is 2.00 bits per heavy atom. The van der Waals surface area contributed by atoms with Gasteiger partial charge in [-0.2, -0.15) is 0 Å². The van der Waals surface area contributed by atoms with Crippen molar-refractivity contribution in [1.29, 1.82) is 0 Å². The summed E-state index contributed by atoms with van der Waals surface area (Å²) < 4.78 is 26.3. The van der Waals surface area contributed by atoms with Crippen LogP contribution in [0.1, 0.15) is 38.8 Å². The molecule has 0 aromatic carbocycles. The SMILES string of the molecule is CC(C)N1CCC(Cn2cnc(C(F)F)cc2=O)CC1. The third kappa shape index (κ3) is 3.62. The molecule has 0 atom stereocenters. The van der Waals surface area contributed by atoms with Gasteiger partial charge in [0.1, 0.15) is 5.69 Å². The molecular formula is C14H21F2N3O. The average Bonchev–Trinajstić information content (AvgIpc) is 2.41. The fourth-order valence-electron chi connectivity index (χ4n) is 2.63. The van der Waals surface area contributed by atoms with Gasteiger partial charge in [0.05, 0.1) is 6.33 Å². The molecule has 0 bridgehead atoms. The number of likely N-dealkylation sites (tertiary alicyclic amines) is 1. The Hall–Kier alpha value is -1.30. The molecule has 0 radical (unpaired) electrons. The van der Waals surface area contributed by atoms with Crippen LogP contribution in [0.5, 0.6) is 0 Å². The second-order valence-corrected chi connectivity index (χ2v) is 5.68. The van der Waals surface area contributed by atoms with E-state index in [-0.39, 0.29) is 5.56 Å². The highest BCUT2D eigenvalue weighted by Gasteiger charge is 2.21. The van der Waals surface area contributed by atoms with Crippen LogP contribution in [-0.2, 0) is 6.54 Å². The average molecular weight is 285 g/mol. The van der Waals surface area contributed by atoms with E-state index in [0.29, 0.717) is 18.5 Å². The zero-order valence-electron chi connectivity index (χ0n) is 11.9. The third-order valence-electron chi connectivity index (χ3n) is 3.96. The first-order chi connectivity index (χ1) is 9.47. The Balaban J connectivity index is 1.96. The molecule has 112 valence electrons. The van der Waals surface area contributed by atoms with Crippen LogP contribution in [-0.4, -0.2) is 33.6 Å². The van der Waals surface area contributed by atoms with Crippen molar-refractivity contribution in [1.82, 2.24) is 14.5 Å². The number of alkyl halides is 2. The fourth-order valence-corrected chi connectivity index (χ4v) is 2.63. The van der Waals surface area contributed by atoms with Gasteiger partial charge in [-0.1, -0.05) is 0 Å². The van der Waals surface area contributed by atoms with Crippen molar-refractivity contribution in [3.05, 3.63) is 28.4 Å². The zero-order valence-corrected chi connectivity index (χ0v) is 11.9. The lowest BCUT2D eigenvalue weighted by molar-refractivity contribution is 0.139. The second kappa shape index (κ2) is 6.43. The largest absolute Gasteiger partial charge is 0.301 e. The summed E-state index contributed by atoms with van der Waals surface area (Å²) in [5.74, 6) is 0.418. The van der Waals surface area contributed by atoms with Crippen LogP contribution in [0.15, 0.2) is 17.2 Å². The first kappa shape index (κ1) is 15.1. The highest BCUT2D eigenvalue weighted by molar-refractivity contribution is 5.00. The summed E-state index contributed by atoms with van der Waals surface area (Å²) in [5, 5.41) is 0. The van der Waals surface area contributed by atoms with Gasteiger partial charge in [-0.25, -0.2) is 13.8 Å². The summed E-state index contributed by atoms with van der Waals surface area (Å²) in [5.41, 5.74) is -0.831. The van der Waals surface area contributed by atoms with Crippen LogP contribution in [0, 0.1) is 5.92 Å². The minimum absolute atomic E-state index is 0.387. The predicted octanol–water partition coefficient (Wildman–Crippen LogP) is 2.30. The maximum atomic E-state index is 12.4. The number of piperidine rings is 1. The third-order valence-corrected chi connectivity index (χ3v) is 3.96. The number of halogens is 2. The molecule has 1 fully saturated rings. The lowest BCUT2D eigenvalue weighted by atomic mass is 9.96. The number of hydrogen-bond donors (Lipinski definition) is 0. The van der Waals surface area contributed by atoms with Gasteiger partial charge in [0.15, 0.2) is 0 Å². The molecule has 1 aliphatic rings. The molecule has 0 N–H and O–H groups in total. The summed E-state index contributed by atoms with van der Waals surface area (Å²) in [6.45, 7) is 6.98. The Labute approximate surface area is 117 Å². The van der Waals surface area contributed by atoms with Crippen molar-refractivity contribution < 1.29 is 8.78 Å². The summed E-state index contributed by atoms with van der Waals surface area (Å²) in [6, 6.07) is 1.49. The van der Waals surface area contributed by atoms with Crippen molar-refractivity contribution in [3.8, 4) is 0 Å². The van der Waals surface area contributed by atoms with Crippen molar-refractivity contribution in [2.24, 2.45) is 5.92 Å². The Morgan fingerprint density at radius 1 is 1.35 bits per heavy atom. The molecule has 20 heavy (non-hydrogen) atoms. The monoisotopic (exact) mass is 285 g/mol. The Morgan fingerprint density at radius 3 is 2.50 bits per heavy atom. The van der Waals surface area contributed by atoms with Gasteiger partial charge >= 0.3 is 0 Å². The zero-order chi connectivity index (χ0) is 14.7. The van der Waals surface area contributed by atoms with Crippen LogP contribution in [0.25, 0.3) is 0 Å². The first-order valence-electron chi connectivity index (χ1n) is 7.06. The maximum absolute atomic E-state index is 12.4. The number of aromatic nitrogens is 2. The van der Waals surface area contributed by atoms with Gasteiger partial charge < -0.3 is 4.90 Å². The summed E-state index contributed by atoms with van der Waals surface area (Å²) in [6.07, 6.45) is 0.618. The fraction of sp³-hybridized carbons (Fsp3) is 0.714. The van der Waals surface area contributed by atoms with E-state index >= 15 is 0 Å². The van der Waals surface area contributed by atoms with E-state index < -0.39 is 12.1 Å². The number of rotatable bonds is 4. The highest BCUT2D eigenvalue weighted by Crippen LogP contribution is 2.20. The minimum atomic E-state index is -2.69. The van der Waals surface area contributed by atoms with E-state index in [1.54, 1.807) is 0 Å². The van der Waals surface area contributed by atoms with E-state index in [0.717, 1.165) is 32.0 Å². The summed E-state index contributed by atoms with van der Waals surface area (Å²) >= 11 is 0. The molecular weight excluding hydrogens is 264 g/mol. The number of hydrogen-bond acceptors (Lipinski definition) is 3. The number of nitrogens with zero attached hydrogens (tertiary/aromatic N) is 3. The van der Waals surface area contributed by atoms with Crippen molar-refractivity contribution in [2.75, 3.05) is 13.1 Å². The van der Waals surface area contributed by atoms with E-state index in [2.05, 4.69) is 23.7 Å². The summed E-state index contributed by atoms with van der Waals surface area (Å²) in [4.78, 5) is 17.8. The van der Waals surface area contributed by atoms with Crippen LogP contribution in [0.4, 0.5) is 8.78 Å². The molecule has 0 spiro atoms. The van der Waals surface area contributed by atoms with E-state index in [9.17, 15) is 13.6 Å². The van der Waals surface area contributed by atoms with Gasteiger partial charge in [0, 0.05) is 18.7 Å². The van der Waals surface area contributed by atoms with Gasteiger partial charge in [-0.3, -0.25) is 9.36 Å². The molecule has 2 rings (SSSR count). The normalized spacial score (nSPS) is 18.1. The standard InChI is InChI=1S/C14H21F2N3O/c1-10(2)18-5-3-11(4-6-18)8-19-9-17-12(14(15)16)7-13(19)20/h7,9-11,14H,3-6,8H2,1-2H3. The van der Waals surface area contributed by atoms with Crippen LogP contribution < -0.4 is 5.56 Å². The lowest BCUT2D eigenvalue weighted by Crippen LogP contribution is -2.40. The van der Waals surface area contributed by atoms with Gasteiger partial charge in [0.25, 0.3) is 12.0 Å². The lowest BCUT2D eigenvalue weighted by Gasteiger charge is -2.34. The molecule has 1 saturated heterocycles. The molecule has 1 aromatic rings. The van der Waals surface area contributed by atoms with Gasteiger partial charge in [-0.15, -0.1) is 0 Å². The van der Waals surface area contributed by atoms with Crippen LogP contribution in [0.2, 0.25) is 0 Å². The molecule has 4 nitrogen and oxygen atoms in total. The smallest absolute Gasteiger partial charge is 0.280 e. The quantitative estimate of drug-likeness (QED) is 0.852. The molecule has 1 aromatic heterocycles. The molecule has 0 amide bonds. The van der Waals surface area contributed by atoms with E-state index in [1.165, 1.54) is 10.9 Å². The van der Waals surface area contributed by atoms with E-state index in [4.69, 9.17) is 0 Å². The van der Waals surface area contributed by atoms with Crippen LogP contribution in [0.3, 0.4) is 0 Å². The molecule has 0 unspecified atom stereocenters. The minimum Gasteiger partial charge on any atom is -0.301 e. The van der Waals surface area contributed by atoms with Crippen molar-refractivity contribution in [3.63, 3.8) is 0 Å². The van der Waals surface area contributed by atoms with E-state index in [1.807, 2.05) is 0 Å². The first-order valence-corrected chi connectivity index (χ1v) is 7.06. The molecule has 6 heteroatoms. The van der Waals surface area contributed by atoms with Gasteiger partial charge in [-0.05, 0) is 45.7 Å².